The summed E-state index contributed by atoms with van der Waals surface area (Å²) in [5, 5.41) is 6.62. The van der Waals surface area contributed by atoms with Gasteiger partial charge in [-0.15, -0.1) is 0 Å². The average molecular weight is 254 g/mol. The van der Waals surface area contributed by atoms with E-state index in [1.165, 1.54) is 0 Å². The number of carbonyl (C=O) groups excluding carboxylic acids is 1. The van der Waals surface area contributed by atoms with Gasteiger partial charge in [0.05, 0.1) is 0 Å². The number of carbonyl (C=O) groups is 1. The highest BCUT2D eigenvalue weighted by atomic mass is 16.6. The van der Waals surface area contributed by atoms with E-state index in [0.717, 1.165) is 6.42 Å². The highest BCUT2D eigenvalue weighted by molar-refractivity contribution is 5.88. The molecule has 2 aliphatic heterocycles. The quantitative estimate of drug-likeness (QED) is 0.752. The molecule has 18 heavy (non-hydrogen) atoms. The van der Waals surface area contributed by atoms with Gasteiger partial charge in [-0.2, -0.15) is 0 Å². The molecule has 2 saturated heterocycles. The zero-order valence-corrected chi connectivity index (χ0v) is 12.4. The Labute approximate surface area is 110 Å². The number of hydrogen-bond donors (Lipinski definition) is 2. The van der Waals surface area contributed by atoms with Crippen LogP contribution in [-0.4, -0.2) is 28.3 Å². The van der Waals surface area contributed by atoms with Gasteiger partial charge in [0.15, 0.2) is 5.60 Å². The van der Waals surface area contributed by atoms with E-state index in [0.29, 0.717) is 12.8 Å². The minimum Gasteiger partial charge on any atom is -0.340 e. The smallest absolute Gasteiger partial charge is 0.254 e. The van der Waals surface area contributed by atoms with Crippen LogP contribution in [0.5, 0.6) is 0 Å². The van der Waals surface area contributed by atoms with Crippen LogP contribution in [0.15, 0.2) is 0 Å². The normalized spacial score (nSPS) is 36.7. The summed E-state index contributed by atoms with van der Waals surface area (Å²) in [6, 6.07) is 0. The van der Waals surface area contributed by atoms with Crippen molar-refractivity contribution in [2.24, 2.45) is 0 Å². The topological polar surface area (TPSA) is 50.4 Å². The summed E-state index contributed by atoms with van der Waals surface area (Å²) in [5.74, 6) is 0.0505. The fourth-order valence-electron chi connectivity index (χ4n) is 3.75. The summed E-state index contributed by atoms with van der Waals surface area (Å²) in [6.45, 7) is 12.5. The van der Waals surface area contributed by atoms with Crippen LogP contribution in [0, 0.1) is 0 Å². The van der Waals surface area contributed by atoms with Crippen molar-refractivity contribution in [3.63, 3.8) is 0 Å². The number of piperidine rings is 1. The number of rotatable bonds is 1. The molecule has 4 nitrogen and oxygen atoms in total. The molecular formula is C14H26N2O2. The molecule has 0 aromatic heterocycles. The first kappa shape index (κ1) is 13.8. The number of hydrogen-bond acceptors (Lipinski definition) is 3. The largest absolute Gasteiger partial charge is 0.340 e. The number of nitrogens with one attached hydrogen (secondary N) is 2. The van der Waals surface area contributed by atoms with Gasteiger partial charge in [0, 0.05) is 23.9 Å². The Balaban J connectivity index is 2.34. The molecule has 2 aliphatic rings. The predicted octanol–water partition coefficient (Wildman–Crippen LogP) is 1.94. The Morgan fingerprint density at radius 2 is 1.61 bits per heavy atom. The Morgan fingerprint density at radius 1 is 1.11 bits per heavy atom. The Hall–Kier alpha value is -0.610. The molecular weight excluding hydrogens is 228 g/mol. The van der Waals surface area contributed by atoms with Gasteiger partial charge in [0.25, 0.3) is 5.91 Å². The fraction of sp³-hybridized carbons (Fsp3) is 0.929. The highest BCUT2D eigenvalue weighted by Crippen LogP contribution is 2.44. The molecule has 2 heterocycles. The molecule has 1 amide bonds. The van der Waals surface area contributed by atoms with Gasteiger partial charge < -0.3 is 15.4 Å². The van der Waals surface area contributed by atoms with Gasteiger partial charge >= 0.3 is 0 Å². The second kappa shape index (κ2) is 3.70. The molecule has 0 aliphatic carbocycles. The second-order valence-electron chi connectivity index (χ2n) is 7.38. The van der Waals surface area contributed by atoms with E-state index in [4.69, 9.17) is 4.74 Å². The molecule has 2 rings (SSSR count). The minimum absolute atomic E-state index is 0.0505. The third kappa shape index (κ3) is 2.28. The van der Waals surface area contributed by atoms with Gasteiger partial charge in [0.2, 0.25) is 0 Å². The molecule has 0 radical (unpaired) electrons. The molecule has 1 atom stereocenters. The van der Waals surface area contributed by atoms with Crippen LogP contribution in [0.4, 0.5) is 0 Å². The third-order valence-corrected chi connectivity index (χ3v) is 4.02. The van der Waals surface area contributed by atoms with E-state index < -0.39 is 11.3 Å². The summed E-state index contributed by atoms with van der Waals surface area (Å²) in [7, 11) is 0. The lowest BCUT2D eigenvalue weighted by Gasteiger charge is -2.50. The van der Waals surface area contributed by atoms with Gasteiger partial charge in [0.1, 0.15) is 5.72 Å². The van der Waals surface area contributed by atoms with Crippen molar-refractivity contribution in [2.75, 3.05) is 0 Å². The minimum atomic E-state index is -0.678. The Morgan fingerprint density at radius 3 is 2.00 bits per heavy atom. The van der Waals surface area contributed by atoms with Crippen LogP contribution >= 0.6 is 0 Å². The monoisotopic (exact) mass is 254 g/mol. The van der Waals surface area contributed by atoms with Crippen molar-refractivity contribution >= 4 is 5.91 Å². The third-order valence-electron chi connectivity index (χ3n) is 4.02. The van der Waals surface area contributed by atoms with Crippen LogP contribution in [0.25, 0.3) is 0 Å². The molecule has 1 spiro atoms. The van der Waals surface area contributed by atoms with Crippen LogP contribution in [-0.2, 0) is 9.53 Å². The Bertz CT molecular complexity index is 360. The molecule has 0 aromatic rings. The molecule has 4 heteroatoms. The van der Waals surface area contributed by atoms with Crippen molar-refractivity contribution < 1.29 is 9.53 Å². The summed E-state index contributed by atoms with van der Waals surface area (Å²) in [5.41, 5.74) is -1.39. The van der Waals surface area contributed by atoms with Gasteiger partial charge in [-0.3, -0.25) is 4.79 Å². The SMILES string of the molecule is CCC1(C)NC(=O)C2(CC(C)(C)NC(C)(C)C2)O1. The van der Waals surface area contributed by atoms with E-state index >= 15 is 0 Å². The molecule has 0 saturated carbocycles. The summed E-state index contributed by atoms with van der Waals surface area (Å²) >= 11 is 0. The molecule has 1 unspecified atom stereocenters. The zero-order valence-electron chi connectivity index (χ0n) is 12.4. The van der Waals surface area contributed by atoms with Gasteiger partial charge in [-0.25, -0.2) is 0 Å². The first-order chi connectivity index (χ1) is 8.02. The van der Waals surface area contributed by atoms with E-state index in [2.05, 4.69) is 38.3 Å². The van der Waals surface area contributed by atoms with Gasteiger partial charge in [-0.05, 0) is 41.0 Å². The first-order valence-corrected chi connectivity index (χ1v) is 6.84. The summed E-state index contributed by atoms with van der Waals surface area (Å²) in [4.78, 5) is 12.4. The average Bonchev–Trinajstić information content (AvgIpc) is 2.33. The maximum atomic E-state index is 12.4. The van der Waals surface area contributed by atoms with Crippen LogP contribution in [0.3, 0.4) is 0 Å². The lowest BCUT2D eigenvalue weighted by molar-refractivity contribution is -0.158. The Kier molecular flexibility index (Phi) is 2.84. The molecule has 0 aromatic carbocycles. The zero-order chi connectivity index (χ0) is 13.8. The standard InChI is InChI=1S/C14H26N2O2/c1-7-13(6)15-10(17)14(18-13)8-11(2,3)16-12(4,5)9-14/h16H,7-9H2,1-6H3,(H,15,17). The molecule has 0 bridgehead atoms. The lowest BCUT2D eigenvalue weighted by Crippen LogP contribution is -2.65. The summed E-state index contributed by atoms with van der Waals surface area (Å²) < 4.78 is 6.21. The van der Waals surface area contributed by atoms with Crippen molar-refractivity contribution in [3.8, 4) is 0 Å². The van der Waals surface area contributed by atoms with E-state index in [1.54, 1.807) is 0 Å². The van der Waals surface area contributed by atoms with Crippen molar-refractivity contribution in [3.05, 3.63) is 0 Å². The maximum Gasteiger partial charge on any atom is 0.254 e. The number of ether oxygens (including phenoxy) is 1. The van der Waals surface area contributed by atoms with Crippen LogP contribution in [0.1, 0.15) is 60.8 Å². The van der Waals surface area contributed by atoms with Crippen molar-refractivity contribution in [1.29, 1.82) is 0 Å². The lowest BCUT2D eigenvalue weighted by atomic mass is 9.72. The predicted molar refractivity (Wildman–Crippen MR) is 71.2 cm³/mol. The first-order valence-electron chi connectivity index (χ1n) is 6.84. The molecule has 104 valence electrons. The number of amides is 1. The van der Waals surface area contributed by atoms with E-state index in [1.807, 2.05) is 13.8 Å². The second-order valence-corrected chi connectivity index (χ2v) is 7.38. The van der Waals surface area contributed by atoms with Crippen LogP contribution < -0.4 is 10.6 Å². The maximum absolute atomic E-state index is 12.4. The van der Waals surface area contributed by atoms with E-state index in [9.17, 15) is 4.79 Å². The van der Waals surface area contributed by atoms with Crippen LogP contribution in [0.2, 0.25) is 0 Å². The van der Waals surface area contributed by atoms with Gasteiger partial charge in [-0.1, -0.05) is 6.92 Å². The summed E-state index contributed by atoms with van der Waals surface area (Å²) in [6.07, 6.45) is 2.21. The van der Waals surface area contributed by atoms with E-state index in [-0.39, 0.29) is 17.0 Å². The van der Waals surface area contributed by atoms with Crippen molar-refractivity contribution in [1.82, 2.24) is 10.6 Å². The highest BCUT2D eigenvalue weighted by Gasteiger charge is 2.59. The van der Waals surface area contributed by atoms with Crippen molar-refractivity contribution in [2.45, 2.75) is 83.2 Å². The molecule has 2 fully saturated rings. The fourth-order valence-corrected chi connectivity index (χ4v) is 3.75. The molecule has 2 N–H and O–H groups in total.